The molecule has 1 saturated carbocycles. The fraction of sp³-hybridized carbons (Fsp3) is 0.400. The Morgan fingerprint density at radius 3 is 2.89 bits per heavy atom. The van der Waals surface area contributed by atoms with Gasteiger partial charge < -0.3 is 9.67 Å². The third-order valence-electron chi connectivity index (χ3n) is 4.06. The first-order valence-electron chi connectivity index (χ1n) is 6.61. The highest BCUT2D eigenvalue weighted by Crippen LogP contribution is 2.36. The molecule has 0 aliphatic heterocycles. The summed E-state index contributed by atoms with van der Waals surface area (Å²) in [5.74, 6) is 0.350. The van der Waals surface area contributed by atoms with Gasteiger partial charge >= 0.3 is 0 Å². The fourth-order valence-electron chi connectivity index (χ4n) is 3.04. The zero-order valence-corrected chi connectivity index (χ0v) is 10.5. The number of hydrogen-bond acceptors (Lipinski definition) is 2. The standard InChI is InChI=1S/C15H16N2O/c1-17-14-7-4-10(18)8-12(14)11-5-6-13(15(11)17)16-9-2-3-9/h4,7-9,18H,2-3,5-6H2,1H3. The van der Waals surface area contributed by atoms with Crippen molar-refractivity contribution < 1.29 is 5.11 Å². The molecule has 0 amide bonds. The van der Waals surface area contributed by atoms with Crippen LogP contribution in [0.2, 0.25) is 0 Å². The van der Waals surface area contributed by atoms with E-state index in [4.69, 9.17) is 4.99 Å². The van der Waals surface area contributed by atoms with Gasteiger partial charge in [0.25, 0.3) is 0 Å². The zero-order valence-electron chi connectivity index (χ0n) is 10.5. The van der Waals surface area contributed by atoms with Crippen LogP contribution in [0, 0.1) is 0 Å². The molecular weight excluding hydrogens is 224 g/mol. The van der Waals surface area contributed by atoms with Gasteiger partial charge in [-0.15, -0.1) is 0 Å². The van der Waals surface area contributed by atoms with Crippen LogP contribution in [0.25, 0.3) is 10.9 Å². The first-order chi connectivity index (χ1) is 8.74. The summed E-state index contributed by atoms with van der Waals surface area (Å²) in [6.07, 6.45) is 4.62. The van der Waals surface area contributed by atoms with E-state index >= 15 is 0 Å². The number of aryl methyl sites for hydroxylation is 2. The van der Waals surface area contributed by atoms with E-state index in [1.807, 2.05) is 12.1 Å². The van der Waals surface area contributed by atoms with E-state index in [0.717, 1.165) is 12.8 Å². The SMILES string of the molecule is Cn1c2c(c3cc(O)ccc31)CCC2=NC1CC1. The summed E-state index contributed by atoms with van der Waals surface area (Å²) in [4.78, 5) is 4.84. The number of rotatable bonds is 1. The van der Waals surface area contributed by atoms with Crippen molar-refractivity contribution in [1.82, 2.24) is 4.57 Å². The molecule has 1 aromatic heterocycles. The molecule has 0 saturated heterocycles. The van der Waals surface area contributed by atoms with Crippen molar-refractivity contribution in [2.45, 2.75) is 31.7 Å². The van der Waals surface area contributed by atoms with Crippen molar-refractivity contribution in [3.8, 4) is 5.75 Å². The second kappa shape index (κ2) is 3.37. The predicted molar refractivity (Wildman–Crippen MR) is 72.5 cm³/mol. The topological polar surface area (TPSA) is 37.5 Å². The second-order valence-corrected chi connectivity index (χ2v) is 5.39. The largest absolute Gasteiger partial charge is 0.508 e. The molecule has 0 bridgehead atoms. The van der Waals surface area contributed by atoms with Crippen molar-refractivity contribution in [3.05, 3.63) is 29.5 Å². The average molecular weight is 240 g/mol. The molecule has 0 unspecified atom stereocenters. The summed E-state index contributed by atoms with van der Waals surface area (Å²) >= 11 is 0. The van der Waals surface area contributed by atoms with Gasteiger partial charge in [-0.05, 0) is 49.4 Å². The number of aliphatic imine (C=N–C) groups is 1. The molecule has 3 nitrogen and oxygen atoms in total. The van der Waals surface area contributed by atoms with Gasteiger partial charge in [0.1, 0.15) is 5.75 Å². The summed E-state index contributed by atoms with van der Waals surface area (Å²) in [6.45, 7) is 0. The molecule has 0 spiro atoms. The normalized spacial score (nSPS) is 20.8. The number of hydrogen-bond donors (Lipinski definition) is 1. The maximum atomic E-state index is 9.65. The Kier molecular flexibility index (Phi) is 1.91. The van der Waals surface area contributed by atoms with Gasteiger partial charge in [-0.3, -0.25) is 4.99 Å². The Morgan fingerprint density at radius 2 is 2.11 bits per heavy atom. The molecule has 1 aromatic carbocycles. The molecule has 2 aromatic rings. The molecule has 18 heavy (non-hydrogen) atoms. The molecule has 1 fully saturated rings. The Hall–Kier alpha value is -1.77. The van der Waals surface area contributed by atoms with Crippen LogP contribution in [0.3, 0.4) is 0 Å². The Bertz CT molecular complexity index is 677. The molecular formula is C15H16N2O. The van der Waals surface area contributed by atoms with Gasteiger partial charge in [-0.1, -0.05) is 0 Å². The fourth-order valence-corrected chi connectivity index (χ4v) is 3.04. The minimum absolute atomic E-state index is 0.350. The van der Waals surface area contributed by atoms with Crippen LogP contribution in [0.1, 0.15) is 30.5 Å². The highest BCUT2D eigenvalue weighted by Gasteiger charge is 2.28. The maximum Gasteiger partial charge on any atom is 0.116 e. The van der Waals surface area contributed by atoms with Crippen molar-refractivity contribution in [2.75, 3.05) is 0 Å². The van der Waals surface area contributed by atoms with Gasteiger partial charge in [0.2, 0.25) is 0 Å². The number of nitrogens with zero attached hydrogens (tertiary/aromatic N) is 2. The summed E-state index contributed by atoms with van der Waals surface area (Å²) in [5.41, 5.74) is 5.12. The molecule has 0 radical (unpaired) electrons. The molecule has 2 aliphatic carbocycles. The Balaban J connectivity index is 1.98. The quantitative estimate of drug-likeness (QED) is 0.817. The smallest absolute Gasteiger partial charge is 0.116 e. The van der Waals surface area contributed by atoms with Crippen LogP contribution >= 0.6 is 0 Å². The molecule has 0 atom stereocenters. The molecule has 2 aliphatic rings. The van der Waals surface area contributed by atoms with Crippen molar-refractivity contribution in [3.63, 3.8) is 0 Å². The lowest BCUT2D eigenvalue weighted by Gasteiger charge is -2.03. The minimum atomic E-state index is 0.350. The monoisotopic (exact) mass is 240 g/mol. The van der Waals surface area contributed by atoms with Gasteiger partial charge in [-0.2, -0.15) is 0 Å². The lowest BCUT2D eigenvalue weighted by molar-refractivity contribution is 0.476. The molecule has 1 N–H and O–H groups in total. The summed E-state index contributed by atoms with van der Waals surface area (Å²) in [5, 5.41) is 10.8. The maximum absolute atomic E-state index is 9.65. The van der Waals surface area contributed by atoms with Crippen LogP contribution in [0.15, 0.2) is 23.2 Å². The third-order valence-corrected chi connectivity index (χ3v) is 4.06. The summed E-state index contributed by atoms with van der Waals surface area (Å²) in [7, 11) is 2.10. The van der Waals surface area contributed by atoms with E-state index in [2.05, 4.69) is 11.6 Å². The summed E-state index contributed by atoms with van der Waals surface area (Å²) < 4.78 is 2.23. The van der Waals surface area contributed by atoms with E-state index in [9.17, 15) is 5.11 Å². The molecule has 1 heterocycles. The highest BCUT2D eigenvalue weighted by atomic mass is 16.3. The number of phenols is 1. The van der Waals surface area contributed by atoms with E-state index in [1.165, 1.54) is 40.7 Å². The lowest BCUT2D eigenvalue weighted by Crippen LogP contribution is -2.04. The van der Waals surface area contributed by atoms with E-state index in [1.54, 1.807) is 6.07 Å². The number of benzene rings is 1. The van der Waals surface area contributed by atoms with Gasteiger partial charge in [-0.25, -0.2) is 0 Å². The van der Waals surface area contributed by atoms with Crippen LogP contribution in [0.4, 0.5) is 0 Å². The molecule has 92 valence electrons. The minimum Gasteiger partial charge on any atom is -0.508 e. The van der Waals surface area contributed by atoms with Crippen LogP contribution in [0.5, 0.6) is 5.75 Å². The third kappa shape index (κ3) is 1.33. The van der Waals surface area contributed by atoms with E-state index < -0.39 is 0 Å². The van der Waals surface area contributed by atoms with Gasteiger partial charge in [0, 0.05) is 18.0 Å². The predicted octanol–water partition coefficient (Wildman–Crippen LogP) is 2.78. The molecule has 4 rings (SSSR count). The van der Waals surface area contributed by atoms with Crippen LogP contribution < -0.4 is 0 Å². The second-order valence-electron chi connectivity index (χ2n) is 5.39. The van der Waals surface area contributed by atoms with E-state index in [0.29, 0.717) is 11.8 Å². The van der Waals surface area contributed by atoms with Crippen LogP contribution in [-0.2, 0) is 13.5 Å². The number of aromatic hydroxyl groups is 1. The summed E-state index contributed by atoms with van der Waals surface area (Å²) in [6, 6.07) is 6.22. The zero-order chi connectivity index (χ0) is 12.3. The van der Waals surface area contributed by atoms with Crippen LogP contribution in [-0.4, -0.2) is 21.4 Å². The van der Waals surface area contributed by atoms with E-state index in [-0.39, 0.29) is 0 Å². The van der Waals surface area contributed by atoms with Gasteiger partial charge in [0.05, 0.1) is 17.4 Å². The number of phenolic OH excluding ortho intramolecular Hbond substituents is 1. The van der Waals surface area contributed by atoms with Crippen molar-refractivity contribution >= 4 is 16.6 Å². The first kappa shape index (κ1) is 10.2. The lowest BCUT2D eigenvalue weighted by atomic mass is 10.1. The number of aromatic nitrogens is 1. The van der Waals surface area contributed by atoms with Crippen molar-refractivity contribution in [1.29, 1.82) is 0 Å². The highest BCUT2D eigenvalue weighted by molar-refractivity contribution is 6.09. The average Bonchev–Trinajstić information content (AvgIpc) is 2.99. The first-order valence-corrected chi connectivity index (χ1v) is 6.61. The van der Waals surface area contributed by atoms with Crippen molar-refractivity contribution in [2.24, 2.45) is 12.0 Å². The van der Waals surface area contributed by atoms with Gasteiger partial charge in [0.15, 0.2) is 0 Å². The Labute approximate surface area is 106 Å². The number of fused-ring (bicyclic) bond motifs is 3. The Morgan fingerprint density at radius 1 is 1.28 bits per heavy atom. The molecule has 3 heteroatoms.